The molecule has 23 heavy (non-hydrogen) atoms. The Morgan fingerprint density at radius 3 is 2.30 bits per heavy atom. The van der Waals surface area contributed by atoms with Gasteiger partial charge in [0.2, 0.25) is 0 Å². The number of aryl methyl sites for hydroxylation is 2. The Labute approximate surface area is 136 Å². The van der Waals surface area contributed by atoms with Crippen LogP contribution in [0.1, 0.15) is 16.7 Å². The molecule has 0 aliphatic heterocycles. The van der Waals surface area contributed by atoms with Crippen molar-refractivity contribution in [1.29, 1.82) is 0 Å². The van der Waals surface area contributed by atoms with Gasteiger partial charge in [0, 0.05) is 17.7 Å². The van der Waals surface area contributed by atoms with Crippen molar-refractivity contribution >= 4 is 12.0 Å². The zero-order valence-corrected chi connectivity index (χ0v) is 13.8. The highest BCUT2D eigenvalue weighted by atomic mass is 16.5. The zero-order chi connectivity index (χ0) is 16.8. The van der Waals surface area contributed by atoms with Crippen LogP contribution in [0, 0.1) is 13.8 Å². The van der Waals surface area contributed by atoms with E-state index in [0.29, 0.717) is 17.2 Å². The number of hydrogen-bond donors (Lipinski definition) is 0. The van der Waals surface area contributed by atoms with E-state index in [1.165, 1.54) is 6.08 Å². The maximum absolute atomic E-state index is 11.9. The van der Waals surface area contributed by atoms with E-state index in [9.17, 15) is 4.79 Å². The van der Waals surface area contributed by atoms with Crippen LogP contribution in [-0.4, -0.2) is 20.2 Å². The predicted octanol–water partition coefficient (Wildman–Crippen LogP) is 3.94. The van der Waals surface area contributed by atoms with Gasteiger partial charge >= 0.3 is 5.97 Å². The molecule has 4 heteroatoms. The van der Waals surface area contributed by atoms with Gasteiger partial charge in [-0.2, -0.15) is 0 Å². The van der Waals surface area contributed by atoms with Crippen molar-refractivity contribution in [3.05, 3.63) is 59.2 Å². The molecular weight excluding hydrogens is 292 g/mol. The highest BCUT2D eigenvalue weighted by Gasteiger charge is 2.05. The second-order valence-electron chi connectivity index (χ2n) is 5.11. The molecule has 4 nitrogen and oxygen atoms in total. The summed E-state index contributed by atoms with van der Waals surface area (Å²) in [4.78, 5) is 11.9. The van der Waals surface area contributed by atoms with Gasteiger partial charge in [0.25, 0.3) is 0 Å². The number of benzene rings is 2. The quantitative estimate of drug-likeness (QED) is 0.476. The zero-order valence-electron chi connectivity index (χ0n) is 13.8. The predicted molar refractivity (Wildman–Crippen MR) is 90.1 cm³/mol. The number of methoxy groups -OCH3 is 2. The Morgan fingerprint density at radius 1 is 0.913 bits per heavy atom. The van der Waals surface area contributed by atoms with Crippen LogP contribution in [0.15, 0.2) is 42.5 Å². The first-order valence-corrected chi connectivity index (χ1v) is 7.22. The molecule has 0 N–H and O–H groups in total. The third kappa shape index (κ3) is 4.36. The van der Waals surface area contributed by atoms with Gasteiger partial charge in [0.05, 0.1) is 14.2 Å². The second kappa shape index (κ2) is 7.49. The maximum Gasteiger partial charge on any atom is 0.336 e. The third-order valence-corrected chi connectivity index (χ3v) is 3.54. The summed E-state index contributed by atoms with van der Waals surface area (Å²) in [6, 6.07) is 10.9. The molecule has 0 saturated heterocycles. The first-order valence-electron chi connectivity index (χ1n) is 7.22. The van der Waals surface area contributed by atoms with E-state index in [4.69, 9.17) is 14.2 Å². The Kier molecular flexibility index (Phi) is 5.41. The molecule has 2 aromatic carbocycles. The topological polar surface area (TPSA) is 44.8 Å². The lowest BCUT2D eigenvalue weighted by atomic mass is 10.1. The Hall–Kier alpha value is -2.75. The molecule has 2 rings (SSSR count). The summed E-state index contributed by atoms with van der Waals surface area (Å²) in [5, 5.41) is 0. The molecule has 0 aliphatic carbocycles. The lowest BCUT2D eigenvalue weighted by Gasteiger charge is -2.07. The molecule has 0 heterocycles. The maximum atomic E-state index is 11.9. The molecule has 0 unspecified atom stereocenters. The van der Waals surface area contributed by atoms with Crippen molar-refractivity contribution in [1.82, 2.24) is 0 Å². The van der Waals surface area contributed by atoms with Gasteiger partial charge in [-0.05, 0) is 55.3 Å². The number of hydrogen-bond acceptors (Lipinski definition) is 4. The van der Waals surface area contributed by atoms with E-state index in [1.807, 2.05) is 32.0 Å². The standard InChI is InChI=1S/C19H20O4/c1-13-5-8-17(11-14(13)2)23-19(20)10-7-15-6-9-16(21-3)12-18(15)22-4/h5-12H,1-4H3/b10-7+. The SMILES string of the molecule is COc1ccc(/C=C/C(=O)Oc2ccc(C)c(C)c2)c(OC)c1. The van der Waals surface area contributed by atoms with E-state index in [2.05, 4.69) is 0 Å². The van der Waals surface area contributed by atoms with Crippen molar-refractivity contribution in [2.75, 3.05) is 14.2 Å². The van der Waals surface area contributed by atoms with Gasteiger partial charge in [-0.1, -0.05) is 6.07 Å². The molecule has 0 fully saturated rings. The van der Waals surface area contributed by atoms with Crippen LogP contribution in [-0.2, 0) is 4.79 Å². The van der Waals surface area contributed by atoms with E-state index in [0.717, 1.165) is 16.7 Å². The fraction of sp³-hybridized carbons (Fsp3) is 0.211. The minimum absolute atomic E-state index is 0.439. The van der Waals surface area contributed by atoms with Crippen molar-refractivity contribution < 1.29 is 19.0 Å². The molecule has 0 bridgehead atoms. The fourth-order valence-electron chi connectivity index (χ4n) is 2.04. The smallest absolute Gasteiger partial charge is 0.336 e. The van der Waals surface area contributed by atoms with Crippen LogP contribution in [0.5, 0.6) is 17.2 Å². The van der Waals surface area contributed by atoms with Crippen molar-refractivity contribution in [2.24, 2.45) is 0 Å². The third-order valence-electron chi connectivity index (χ3n) is 3.54. The molecule has 0 aliphatic rings. The molecule has 0 saturated carbocycles. The summed E-state index contributed by atoms with van der Waals surface area (Å²) in [6.07, 6.45) is 3.03. The minimum Gasteiger partial charge on any atom is -0.497 e. The van der Waals surface area contributed by atoms with Gasteiger partial charge < -0.3 is 14.2 Å². The summed E-state index contributed by atoms with van der Waals surface area (Å²) in [7, 11) is 3.16. The number of rotatable bonds is 5. The average molecular weight is 312 g/mol. The lowest BCUT2D eigenvalue weighted by Crippen LogP contribution is -2.04. The molecule has 0 radical (unpaired) electrons. The molecule has 2 aromatic rings. The first-order chi connectivity index (χ1) is 11.0. The van der Waals surface area contributed by atoms with Crippen LogP contribution >= 0.6 is 0 Å². The van der Waals surface area contributed by atoms with Crippen molar-refractivity contribution in [2.45, 2.75) is 13.8 Å². The monoisotopic (exact) mass is 312 g/mol. The minimum atomic E-state index is -0.439. The highest BCUT2D eigenvalue weighted by Crippen LogP contribution is 2.25. The normalized spacial score (nSPS) is 10.6. The van der Waals surface area contributed by atoms with Crippen LogP contribution in [0.25, 0.3) is 6.08 Å². The van der Waals surface area contributed by atoms with E-state index in [1.54, 1.807) is 38.5 Å². The molecule has 0 atom stereocenters. The number of esters is 1. The van der Waals surface area contributed by atoms with Crippen LogP contribution in [0.3, 0.4) is 0 Å². The summed E-state index contributed by atoms with van der Waals surface area (Å²) >= 11 is 0. The highest BCUT2D eigenvalue weighted by molar-refractivity contribution is 5.89. The summed E-state index contributed by atoms with van der Waals surface area (Å²) in [5.74, 6) is 1.41. The van der Waals surface area contributed by atoms with Gasteiger partial charge in [-0.25, -0.2) is 4.79 Å². The van der Waals surface area contributed by atoms with E-state index >= 15 is 0 Å². The summed E-state index contributed by atoms with van der Waals surface area (Å²) < 4.78 is 15.7. The van der Waals surface area contributed by atoms with Gasteiger partial charge in [0.1, 0.15) is 17.2 Å². The molecule has 120 valence electrons. The Morgan fingerprint density at radius 2 is 1.65 bits per heavy atom. The van der Waals surface area contributed by atoms with Crippen molar-refractivity contribution in [3.63, 3.8) is 0 Å². The van der Waals surface area contributed by atoms with E-state index in [-0.39, 0.29) is 0 Å². The van der Waals surface area contributed by atoms with Crippen molar-refractivity contribution in [3.8, 4) is 17.2 Å². The first kappa shape index (κ1) is 16.6. The van der Waals surface area contributed by atoms with Gasteiger partial charge in [-0.3, -0.25) is 0 Å². The largest absolute Gasteiger partial charge is 0.497 e. The van der Waals surface area contributed by atoms with Gasteiger partial charge in [-0.15, -0.1) is 0 Å². The number of carbonyl (C=O) groups excluding carboxylic acids is 1. The van der Waals surface area contributed by atoms with Crippen LogP contribution in [0.4, 0.5) is 0 Å². The Balaban J connectivity index is 2.10. The Bertz CT molecular complexity index is 732. The van der Waals surface area contributed by atoms with Crippen LogP contribution < -0.4 is 14.2 Å². The number of ether oxygens (including phenoxy) is 3. The van der Waals surface area contributed by atoms with E-state index < -0.39 is 5.97 Å². The van der Waals surface area contributed by atoms with Gasteiger partial charge in [0.15, 0.2) is 0 Å². The number of carbonyl (C=O) groups is 1. The molecule has 0 aromatic heterocycles. The fourth-order valence-corrected chi connectivity index (χ4v) is 2.04. The second-order valence-corrected chi connectivity index (χ2v) is 5.11. The summed E-state index contributed by atoms with van der Waals surface area (Å²) in [5.41, 5.74) is 3.00. The molecule has 0 spiro atoms. The molecular formula is C19H20O4. The molecule has 0 amide bonds. The van der Waals surface area contributed by atoms with Crippen LogP contribution in [0.2, 0.25) is 0 Å². The lowest BCUT2D eigenvalue weighted by molar-refractivity contribution is -0.128. The summed E-state index contributed by atoms with van der Waals surface area (Å²) in [6.45, 7) is 3.99. The average Bonchev–Trinajstić information content (AvgIpc) is 2.56.